The van der Waals surface area contributed by atoms with E-state index in [1.807, 2.05) is 0 Å². The molecule has 2 aromatic heterocycles. The van der Waals surface area contributed by atoms with Crippen LogP contribution in [0.3, 0.4) is 0 Å². The molecule has 16 heteroatoms. The summed E-state index contributed by atoms with van der Waals surface area (Å²) in [4.78, 5) is 19.7. The first-order chi connectivity index (χ1) is 22.4. The number of aromatic nitrogens is 2. The van der Waals surface area contributed by atoms with E-state index in [4.69, 9.17) is 18.8 Å². The summed E-state index contributed by atoms with van der Waals surface area (Å²) in [6, 6.07) is 11.4. The van der Waals surface area contributed by atoms with Gasteiger partial charge < -0.3 is 24.2 Å². The van der Waals surface area contributed by atoms with Gasteiger partial charge >= 0.3 is 6.36 Å². The lowest BCUT2D eigenvalue weighted by atomic mass is 10.00. The number of nitrogens with zero attached hydrogens (tertiary/aromatic N) is 3. The molecule has 1 saturated carbocycles. The van der Waals surface area contributed by atoms with Gasteiger partial charge in [0.15, 0.2) is 5.13 Å². The lowest BCUT2D eigenvalue weighted by Crippen LogP contribution is -2.45. The maximum absolute atomic E-state index is 13.2. The average Bonchev–Trinajstić information content (AvgIpc) is 3.52. The van der Waals surface area contributed by atoms with Crippen LogP contribution in [0.25, 0.3) is 21.5 Å². The minimum atomic E-state index is -4.85. The van der Waals surface area contributed by atoms with Gasteiger partial charge in [-0.2, -0.15) is 8.42 Å². The van der Waals surface area contributed by atoms with Crippen molar-refractivity contribution in [2.45, 2.75) is 75.6 Å². The molecular formula is C31H31F3N4O7S2. The lowest BCUT2D eigenvalue weighted by Gasteiger charge is -2.38. The van der Waals surface area contributed by atoms with Gasteiger partial charge in [0.1, 0.15) is 17.2 Å². The van der Waals surface area contributed by atoms with Crippen LogP contribution in [-0.4, -0.2) is 65.9 Å². The van der Waals surface area contributed by atoms with E-state index in [0.29, 0.717) is 22.6 Å². The lowest BCUT2D eigenvalue weighted by molar-refractivity contribution is -0.274. The van der Waals surface area contributed by atoms with Crippen molar-refractivity contribution >= 4 is 42.7 Å². The molecule has 2 aromatic carbocycles. The second kappa shape index (κ2) is 12.4. The van der Waals surface area contributed by atoms with Gasteiger partial charge in [0, 0.05) is 41.2 Å². The molecule has 0 spiro atoms. The highest BCUT2D eigenvalue weighted by Crippen LogP contribution is 2.47. The number of carbonyl (C=O) groups excluding carboxylic acids is 1. The van der Waals surface area contributed by atoms with E-state index < -0.39 is 28.1 Å². The molecule has 1 amide bonds. The number of rotatable bonds is 11. The molecule has 4 heterocycles. The maximum atomic E-state index is 13.2. The third-order valence-corrected chi connectivity index (χ3v) is 10.5. The highest BCUT2D eigenvalue weighted by atomic mass is 32.2. The number of amides is 1. The molecule has 7 rings (SSSR count). The Morgan fingerprint density at radius 1 is 1.11 bits per heavy atom. The van der Waals surface area contributed by atoms with E-state index in [9.17, 15) is 26.4 Å². The summed E-state index contributed by atoms with van der Waals surface area (Å²) < 4.78 is 87.5. The SMILES string of the molecule is O=C(NCCS(=O)(=O)O)c1ccc2nc(N3C4CC[C@H]3CC(OCc3c(-c5ccccc5OC(F)(F)F)noc3C3CC3)C4)sc2c1. The number of benzene rings is 2. The number of nitrogens with one attached hydrogen (secondary N) is 1. The molecule has 3 atom stereocenters. The Kier molecular flexibility index (Phi) is 8.39. The third kappa shape index (κ3) is 7.10. The van der Waals surface area contributed by atoms with Crippen molar-refractivity contribution in [3.63, 3.8) is 0 Å². The number of carbonyl (C=O) groups is 1. The Balaban J connectivity index is 1.04. The number of hydrogen-bond donors (Lipinski definition) is 2. The topological polar surface area (TPSA) is 144 Å². The summed E-state index contributed by atoms with van der Waals surface area (Å²) >= 11 is 1.49. The Hall–Kier alpha value is -3.73. The van der Waals surface area contributed by atoms with E-state index in [1.165, 1.54) is 29.5 Å². The van der Waals surface area contributed by atoms with Crippen molar-refractivity contribution in [2.75, 3.05) is 17.2 Å². The van der Waals surface area contributed by atoms with Crippen LogP contribution in [0.15, 0.2) is 47.0 Å². The molecular weight excluding hydrogens is 661 g/mol. The fourth-order valence-corrected chi connectivity index (χ4v) is 8.06. The van der Waals surface area contributed by atoms with Crippen molar-refractivity contribution in [1.29, 1.82) is 0 Å². The number of para-hydroxylation sites is 1. The van der Waals surface area contributed by atoms with Gasteiger partial charge in [0.2, 0.25) is 0 Å². The normalized spacial score (nSPS) is 21.4. The van der Waals surface area contributed by atoms with E-state index >= 15 is 0 Å². The monoisotopic (exact) mass is 692 g/mol. The molecule has 2 N–H and O–H groups in total. The van der Waals surface area contributed by atoms with Crippen molar-refractivity contribution in [3.8, 4) is 17.0 Å². The first-order valence-electron chi connectivity index (χ1n) is 15.3. The number of halogens is 3. The molecule has 2 saturated heterocycles. The fourth-order valence-electron chi connectivity index (χ4n) is 6.55. The standard InChI is InChI=1S/C31H31F3N4O7S2/c32-31(33,34)44-25-4-2-1-3-22(25)27-23(28(45-37-27)17-5-6-17)16-43-21-14-19-8-9-20(15-21)38(19)30-36-24-10-7-18(13-26(24)46-30)29(39)35-11-12-47(40,41)42/h1-4,7,10,13,17,19-21H,5-6,8-9,11-12,14-16H2,(H,35,39)(H,40,41,42)/t19-,20?,21?/m0/s1. The molecule has 4 aromatic rings. The molecule has 3 aliphatic rings. The van der Waals surface area contributed by atoms with Crippen LogP contribution in [0.5, 0.6) is 5.75 Å². The predicted octanol–water partition coefficient (Wildman–Crippen LogP) is 6.06. The number of thiazole rings is 1. The molecule has 2 unspecified atom stereocenters. The highest BCUT2D eigenvalue weighted by molar-refractivity contribution is 7.85. The molecule has 47 heavy (non-hydrogen) atoms. The number of ether oxygens (including phenoxy) is 2. The van der Waals surface area contributed by atoms with Crippen LogP contribution >= 0.6 is 11.3 Å². The maximum Gasteiger partial charge on any atom is 0.573 e. The molecule has 2 aliphatic heterocycles. The smallest absolute Gasteiger partial charge is 0.405 e. The Morgan fingerprint density at radius 2 is 1.85 bits per heavy atom. The van der Waals surface area contributed by atoms with Crippen LogP contribution in [0.4, 0.5) is 18.3 Å². The fraction of sp³-hybridized carbons (Fsp3) is 0.452. The van der Waals surface area contributed by atoms with E-state index in [1.54, 1.807) is 24.3 Å². The number of hydrogen-bond acceptors (Lipinski definition) is 10. The van der Waals surface area contributed by atoms with Crippen molar-refractivity contribution < 1.29 is 44.9 Å². The first-order valence-corrected chi connectivity index (χ1v) is 17.7. The molecule has 0 radical (unpaired) electrons. The number of anilines is 1. The Bertz CT molecular complexity index is 1890. The van der Waals surface area contributed by atoms with E-state index in [2.05, 4.69) is 20.1 Å². The molecule has 3 fully saturated rings. The summed E-state index contributed by atoms with van der Waals surface area (Å²) in [5.41, 5.74) is 2.27. The van der Waals surface area contributed by atoms with Crippen molar-refractivity contribution in [1.82, 2.24) is 15.5 Å². The zero-order valence-electron chi connectivity index (χ0n) is 24.9. The summed E-state index contributed by atoms with van der Waals surface area (Å²) in [6.07, 6.45) is 0.360. The van der Waals surface area contributed by atoms with Gasteiger partial charge in [-0.05, 0) is 68.9 Å². The first kappa shape index (κ1) is 31.8. The van der Waals surface area contributed by atoms with Gasteiger partial charge in [0.05, 0.1) is 28.7 Å². The Morgan fingerprint density at radius 3 is 2.55 bits per heavy atom. The van der Waals surface area contributed by atoms with Gasteiger partial charge in [-0.3, -0.25) is 9.35 Å². The summed E-state index contributed by atoms with van der Waals surface area (Å²) in [7, 11) is -4.18. The molecule has 11 nitrogen and oxygen atoms in total. The van der Waals surface area contributed by atoms with E-state index in [0.717, 1.165) is 53.9 Å². The quantitative estimate of drug-likeness (QED) is 0.178. The zero-order valence-corrected chi connectivity index (χ0v) is 26.5. The number of piperidine rings is 1. The molecule has 2 bridgehead atoms. The van der Waals surface area contributed by atoms with Gasteiger partial charge in [-0.15, -0.1) is 13.2 Å². The minimum Gasteiger partial charge on any atom is -0.405 e. The van der Waals surface area contributed by atoms with Crippen LogP contribution < -0.4 is 15.0 Å². The van der Waals surface area contributed by atoms with Crippen LogP contribution in [-0.2, 0) is 21.5 Å². The van der Waals surface area contributed by atoms with Gasteiger partial charge in [0.25, 0.3) is 16.0 Å². The summed E-state index contributed by atoms with van der Waals surface area (Å²) in [5.74, 6) is -0.528. The van der Waals surface area contributed by atoms with Gasteiger partial charge in [-0.25, -0.2) is 4.98 Å². The largest absolute Gasteiger partial charge is 0.573 e. The molecule has 250 valence electrons. The second-order valence-electron chi connectivity index (χ2n) is 12.1. The van der Waals surface area contributed by atoms with Crippen molar-refractivity contribution in [2.24, 2.45) is 0 Å². The summed E-state index contributed by atoms with van der Waals surface area (Å²) in [5, 5.41) is 7.54. The second-order valence-corrected chi connectivity index (χ2v) is 14.7. The summed E-state index contributed by atoms with van der Waals surface area (Å²) in [6.45, 7) is -0.0462. The highest BCUT2D eigenvalue weighted by Gasteiger charge is 2.43. The van der Waals surface area contributed by atoms with Crippen LogP contribution in [0, 0.1) is 0 Å². The van der Waals surface area contributed by atoms with Crippen molar-refractivity contribution in [3.05, 3.63) is 59.4 Å². The average molecular weight is 693 g/mol. The third-order valence-electron chi connectivity index (χ3n) is 8.79. The Labute approximate surface area is 271 Å². The number of alkyl halides is 3. The van der Waals surface area contributed by atoms with E-state index in [-0.39, 0.29) is 48.6 Å². The molecule has 1 aliphatic carbocycles. The predicted molar refractivity (Wildman–Crippen MR) is 166 cm³/mol. The number of fused-ring (bicyclic) bond motifs is 3. The van der Waals surface area contributed by atoms with Gasteiger partial charge in [-0.1, -0.05) is 28.6 Å². The minimum absolute atomic E-state index is 0.0763. The zero-order chi connectivity index (χ0) is 32.9. The van der Waals surface area contributed by atoms with Crippen LogP contribution in [0.2, 0.25) is 0 Å². The van der Waals surface area contributed by atoms with Crippen LogP contribution in [0.1, 0.15) is 66.1 Å².